The molecule has 4 heteroatoms. The first kappa shape index (κ1) is 9.33. The molecule has 13 heavy (non-hydrogen) atoms. The van der Waals surface area contributed by atoms with Gasteiger partial charge in [0.1, 0.15) is 5.82 Å². The van der Waals surface area contributed by atoms with E-state index >= 15 is 0 Å². The highest BCUT2D eigenvalue weighted by Gasteiger charge is 2.10. The van der Waals surface area contributed by atoms with Crippen LogP contribution < -0.4 is 0 Å². The van der Waals surface area contributed by atoms with Crippen molar-refractivity contribution in [2.24, 2.45) is 0 Å². The van der Waals surface area contributed by atoms with Crippen molar-refractivity contribution in [2.75, 3.05) is 0 Å². The summed E-state index contributed by atoms with van der Waals surface area (Å²) >= 11 is 0. The van der Waals surface area contributed by atoms with Gasteiger partial charge in [0.25, 0.3) is 0 Å². The summed E-state index contributed by atoms with van der Waals surface area (Å²) in [7, 11) is 0. The van der Waals surface area contributed by atoms with Crippen molar-refractivity contribution < 1.29 is 13.2 Å². The average molecular weight is 183 g/mol. The maximum Gasteiger partial charge on any atom is 0.168 e. The Labute approximate surface area is 72.7 Å². The maximum absolute atomic E-state index is 12.8. The van der Waals surface area contributed by atoms with Crippen LogP contribution in [0.25, 0.3) is 6.08 Å². The van der Waals surface area contributed by atoms with Crippen LogP contribution in [-0.4, -0.2) is 0 Å². The minimum Gasteiger partial charge on any atom is -0.206 e. The first-order valence-electron chi connectivity index (χ1n) is 3.36. The molecule has 0 fully saturated rings. The number of rotatable bonds is 1. The van der Waals surface area contributed by atoms with Crippen molar-refractivity contribution in [3.8, 4) is 6.07 Å². The lowest BCUT2D eigenvalue weighted by molar-refractivity contribution is 0.492. The molecule has 1 aromatic rings. The van der Waals surface area contributed by atoms with E-state index in [0.717, 1.165) is 18.2 Å². The molecule has 0 saturated heterocycles. The number of benzene rings is 1. The number of nitrogens with zero attached hydrogens (tertiary/aromatic N) is 1. The lowest BCUT2D eigenvalue weighted by atomic mass is 10.2. The van der Waals surface area contributed by atoms with E-state index in [0.29, 0.717) is 6.07 Å². The highest BCUT2D eigenvalue weighted by molar-refractivity contribution is 5.53. The first-order valence-corrected chi connectivity index (χ1v) is 3.36. The monoisotopic (exact) mass is 183 g/mol. The molecule has 66 valence electrons. The predicted octanol–water partition coefficient (Wildman–Crippen LogP) is 2.64. The van der Waals surface area contributed by atoms with Crippen LogP contribution in [0.2, 0.25) is 0 Å². The molecule has 1 rings (SSSR count). The van der Waals surface area contributed by atoms with Crippen LogP contribution in [0, 0.1) is 28.8 Å². The SMILES string of the molecule is N#CC=Cc1c(F)ccc(F)c1F. The summed E-state index contributed by atoms with van der Waals surface area (Å²) in [4.78, 5) is 0. The molecule has 0 aliphatic rings. The summed E-state index contributed by atoms with van der Waals surface area (Å²) < 4.78 is 38.1. The van der Waals surface area contributed by atoms with E-state index in [1.54, 1.807) is 6.07 Å². The van der Waals surface area contributed by atoms with Crippen LogP contribution in [0.4, 0.5) is 13.2 Å². The average Bonchev–Trinajstić information content (AvgIpc) is 2.12. The normalized spacial score (nSPS) is 10.3. The van der Waals surface area contributed by atoms with Gasteiger partial charge >= 0.3 is 0 Å². The summed E-state index contributed by atoms with van der Waals surface area (Å²) in [5.74, 6) is -3.32. The molecular weight excluding hydrogens is 179 g/mol. The molecule has 0 spiro atoms. The van der Waals surface area contributed by atoms with E-state index in [9.17, 15) is 13.2 Å². The number of allylic oxidation sites excluding steroid dienone is 1. The molecule has 0 unspecified atom stereocenters. The third-order valence-electron chi connectivity index (χ3n) is 1.40. The quantitative estimate of drug-likeness (QED) is 0.485. The Hall–Kier alpha value is -1.76. The number of halogens is 3. The van der Waals surface area contributed by atoms with Gasteiger partial charge in [-0.1, -0.05) is 0 Å². The summed E-state index contributed by atoms with van der Waals surface area (Å²) in [6, 6.07) is 3.04. The second-order valence-corrected chi connectivity index (χ2v) is 2.22. The molecule has 0 heterocycles. The van der Waals surface area contributed by atoms with Gasteiger partial charge in [0.15, 0.2) is 11.6 Å². The zero-order valence-corrected chi connectivity index (χ0v) is 6.39. The number of hydrogen-bond acceptors (Lipinski definition) is 1. The zero-order chi connectivity index (χ0) is 9.84. The van der Waals surface area contributed by atoms with Gasteiger partial charge in [0.2, 0.25) is 0 Å². The second-order valence-electron chi connectivity index (χ2n) is 2.22. The van der Waals surface area contributed by atoms with Gasteiger partial charge in [-0.3, -0.25) is 0 Å². The fourth-order valence-corrected chi connectivity index (χ4v) is 0.816. The molecule has 0 N–H and O–H groups in total. The summed E-state index contributed by atoms with van der Waals surface area (Å²) in [5, 5.41) is 8.10. The van der Waals surface area contributed by atoms with Gasteiger partial charge in [-0.25, -0.2) is 13.2 Å². The number of hydrogen-bond donors (Lipinski definition) is 0. The summed E-state index contributed by atoms with van der Waals surface area (Å²) in [5.41, 5.74) is -0.540. The molecule has 0 bridgehead atoms. The van der Waals surface area contributed by atoms with Crippen molar-refractivity contribution in [1.29, 1.82) is 5.26 Å². The highest BCUT2D eigenvalue weighted by atomic mass is 19.2. The Kier molecular flexibility index (Phi) is 2.70. The van der Waals surface area contributed by atoms with Crippen LogP contribution in [0.3, 0.4) is 0 Å². The second kappa shape index (κ2) is 3.76. The molecule has 0 saturated carbocycles. The molecule has 0 aliphatic heterocycles. The molecule has 1 nitrogen and oxygen atoms in total. The van der Waals surface area contributed by atoms with Gasteiger partial charge < -0.3 is 0 Å². The number of nitriles is 1. The molecule has 0 radical (unpaired) electrons. The van der Waals surface area contributed by atoms with E-state index in [-0.39, 0.29) is 0 Å². The van der Waals surface area contributed by atoms with Gasteiger partial charge in [0.05, 0.1) is 6.07 Å². The van der Waals surface area contributed by atoms with Crippen molar-refractivity contribution in [1.82, 2.24) is 0 Å². The Balaban J connectivity index is 3.27. The Morgan fingerprint density at radius 2 is 1.77 bits per heavy atom. The standard InChI is InChI=1S/C9H4F3N/c10-7-3-4-8(11)9(12)6(7)2-1-5-13/h1-4H. The van der Waals surface area contributed by atoms with E-state index in [1.165, 1.54) is 0 Å². The molecule has 0 amide bonds. The fourth-order valence-electron chi connectivity index (χ4n) is 0.816. The fraction of sp³-hybridized carbons (Fsp3) is 0. The minimum absolute atomic E-state index is 0.540. The smallest absolute Gasteiger partial charge is 0.168 e. The third kappa shape index (κ3) is 1.88. The first-order chi connectivity index (χ1) is 6.16. The van der Waals surface area contributed by atoms with Crippen molar-refractivity contribution in [2.45, 2.75) is 0 Å². The van der Waals surface area contributed by atoms with Gasteiger partial charge in [-0.2, -0.15) is 5.26 Å². The lowest BCUT2D eigenvalue weighted by Crippen LogP contribution is -1.92. The van der Waals surface area contributed by atoms with E-state index in [1.807, 2.05) is 0 Å². The van der Waals surface area contributed by atoms with Crippen molar-refractivity contribution in [3.05, 3.63) is 41.2 Å². The Morgan fingerprint density at radius 1 is 1.15 bits per heavy atom. The molecule has 1 aromatic carbocycles. The largest absolute Gasteiger partial charge is 0.206 e. The van der Waals surface area contributed by atoms with Crippen molar-refractivity contribution >= 4 is 6.08 Å². The van der Waals surface area contributed by atoms with E-state index < -0.39 is 23.0 Å². The van der Waals surface area contributed by atoms with Gasteiger partial charge in [-0.15, -0.1) is 0 Å². The molecule has 0 aromatic heterocycles. The van der Waals surface area contributed by atoms with Crippen LogP contribution in [0.1, 0.15) is 5.56 Å². The Bertz CT molecular complexity index is 391. The van der Waals surface area contributed by atoms with Gasteiger partial charge in [-0.05, 0) is 18.2 Å². The van der Waals surface area contributed by atoms with Crippen LogP contribution in [-0.2, 0) is 0 Å². The zero-order valence-electron chi connectivity index (χ0n) is 6.39. The van der Waals surface area contributed by atoms with Gasteiger partial charge in [0, 0.05) is 11.6 Å². The van der Waals surface area contributed by atoms with E-state index in [2.05, 4.69) is 0 Å². The topological polar surface area (TPSA) is 23.8 Å². The lowest BCUT2D eigenvalue weighted by Gasteiger charge is -1.98. The van der Waals surface area contributed by atoms with E-state index in [4.69, 9.17) is 5.26 Å². The minimum atomic E-state index is -1.29. The molecule has 0 aliphatic carbocycles. The van der Waals surface area contributed by atoms with Crippen LogP contribution >= 0.6 is 0 Å². The third-order valence-corrected chi connectivity index (χ3v) is 1.40. The summed E-state index contributed by atoms with van der Waals surface area (Å²) in [6.45, 7) is 0. The van der Waals surface area contributed by atoms with Crippen molar-refractivity contribution in [3.63, 3.8) is 0 Å². The van der Waals surface area contributed by atoms with Crippen LogP contribution in [0.15, 0.2) is 18.2 Å². The maximum atomic E-state index is 12.8. The predicted molar refractivity (Wildman–Crippen MR) is 41.0 cm³/mol. The summed E-state index contributed by atoms with van der Waals surface area (Å²) in [6.07, 6.45) is 1.76. The molecular formula is C9H4F3N. The Morgan fingerprint density at radius 3 is 2.38 bits per heavy atom. The highest BCUT2D eigenvalue weighted by Crippen LogP contribution is 2.16. The van der Waals surface area contributed by atoms with Crippen LogP contribution in [0.5, 0.6) is 0 Å². The molecule has 0 atom stereocenters.